The Labute approximate surface area is 157 Å². The summed E-state index contributed by atoms with van der Waals surface area (Å²) in [6.45, 7) is 8.54. The van der Waals surface area contributed by atoms with Crippen LogP contribution < -0.4 is 11.1 Å². The minimum atomic E-state index is -0.443. The molecule has 1 aromatic rings. The topological polar surface area (TPSA) is 55.1 Å². The number of hydrogen-bond acceptors (Lipinski definition) is 2. The molecular formula is C21H33ClN2O. The van der Waals surface area contributed by atoms with Crippen LogP contribution in [0.4, 0.5) is 0 Å². The van der Waals surface area contributed by atoms with Crippen LogP contribution in [0.3, 0.4) is 0 Å². The lowest BCUT2D eigenvalue weighted by Crippen LogP contribution is -2.58. The molecule has 0 heterocycles. The normalized spacial score (nSPS) is 19.8. The predicted molar refractivity (Wildman–Crippen MR) is 106 cm³/mol. The summed E-state index contributed by atoms with van der Waals surface area (Å²) in [5, 5.41) is 4.07. The molecule has 0 bridgehead atoms. The van der Waals surface area contributed by atoms with Crippen molar-refractivity contribution in [2.24, 2.45) is 17.6 Å². The molecule has 1 aliphatic carbocycles. The van der Waals surface area contributed by atoms with Crippen molar-refractivity contribution >= 4 is 17.5 Å². The van der Waals surface area contributed by atoms with Gasteiger partial charge in [0.25, 0.3) is 0 Å². The van der Waals surface area contributed by atoms with Crippen molar-refractivity contribution in [3.63, 3.8) is 0 Å². The van der Waals surface area contributed by atoms with Gasteiger partial charge in [0.2, 0.25) is 5.91 Å². The third kappa shape index (κ3) is 4.57. The fraction of sp³-hybridized carbons (Fsp3) is 0.667. The summed E-state index contributed by atoms with van der Waals surface area (Å²) in [4.78, 5) is 12.8. The molecule has 3 atom stereocenters. The van der Waals surface area contributed by atoms with Gasteiger partial charge in [-0.25, -0.2) is 0 Å². The predicted octanol–water partition coefficient (Wildman–Crippen LogP) is 4.67. The van der Waals surface area contributed by atoms with Crippen molar-refractivity contribution in [3.05, 3.63) is 34.9 Å². The Bertz CT molecular complexity index is 566. The highest BCUT2D eigenvalue weighted by Gasteiger charge is 2.46. The maximum absolute atomic E-state index is 12.8. The number of nitrogens with one attached hydrogen (secondary N) is 1. The Morgan fingerprint density at radius 1 is 1.24 bits per heavy atom. The summed E-state index contributed by atoms with van der Waals surface area (Å²) in [5.74, 6) is 0.683. The standard InChI is InChI=1S/C21H33ClN2O/c1-5-15(4)19(23)20(25)24-18(13-14(2)3)21(11-6-12-21)16-7-9-17(22)10-8-16/h7-10,14-15,18-19H,5-6,11-13,23H2,1-4H3,(H,24,25)/t15-,18-,19?/m0/s1. The lowest BCUT2D eigenvalue weighted by Gasteiger charge is -2.49. The lowest BCUT2D eigenvalue weighted by atomic mass is 9.58. The largest absolute Gasteiger partial charge is 0.351 e. The molecule has 0 radical (unpaired) electrons. The van der Waals surface area contributed by atoms with E-state index in [2.05, 4.69) is 38.2 Å². The first-order chi connectivity index (χ1) is 11.8. The Balaban J connectivity index is 2.25. The van der Waals surface area contributed by atoms with Crippen molar-refractivity contribution in [1.82, 2.24) is 5.32 Å². The van der Waals surface area contributed by atoms with E-state index < -0.39 is 6.04 Å². The van der Waals surface area contributed by atoms with Crippen LogP contribution in [0.15, 0.2) is 24.3 Å². The van der Waals surface area contributed by atoms with Crippen molar-refractivity contribution in [2.75, 3.05) is 0 Å². The fourth-order valence-corrected chi connectivity index (χ4v) is 3.98. The summed E-state index contributed by atoms with van der Waals surface area (Å²) in [6, 6.07) is 7.82. The van der Waals surface area contributed by atoms with Crippen LogP contribution in [-0.4, -0.2) is 18.0 Å². The molecule has 1 amide bonds. The molecule has 1 aromatic carbocycles. The molecule has 140 valence electrons. The molecule has 25 heavy (non-hydrogen) atoms. The fourth-order valence-electron chi connectivity index (χ4n) is 3.85. The van der Waals surface area contributed by atoms with E-state index in [0.29, 0.717) is 5.92 Å². The van der Waals surface area contributed by atoms with Gasteiger partial charge in [0.15, 0.2) is 0 Å². The number of amides is 1. The first-order valence-electron chi connectivity index (χ1n) is 9.62. The van der Waals surface area contributed by atoms with Crippen molar-refractivity contribution < 1.29 is 4.79 Å². The van der Waals surface area contributed by atoms with E-state index in [4.69, 9.17) is 17.3 Å². The second kappa shape index (κ2) is 8.55. The van der Waals surface area contributed by atoms with Crippen LogP contribution in [0.1, 0.15) is 65.4 Å². The summed E-state index contributed by atoms with van der Waals surface area (Å²) in [5.41, 5.74) is 7.48. The van der Waals surface area contributed by atoms with E-state index in [1.165, 1.54) is 12.0 Å². The highest BCUT2D eigenvalue weighted by atomic mass is 35.5. The highest BCUT2D eigenvalue weighted by molar-refractivity contribution is 6.30. The Kier molecular flexibility index (Phi) is 6.93. The minimum absolute atomic E-state index is 0.0136. The molecule has 4 heteroatoms. The quantitative estimate of drug-likeness (QED) is 0.704. The maximum Gasteiger partial charge on any atom is 0.237 e. The smallest absolute Gasteiger partial charge is 0.237 e. The van der Waals surface area contributed by atoms with E-state index in [0.717, 1.165) is 30.7 Å². The zero-order valence-electron chi connectivity index (χ0n) is 16.0. The molecule has 0 saturated heterocycles. The molecule has 0 aliphatic heterocycles. The molecular weight excluding hydrogens is 332 g/mol. The molecule has 1 unspecified atom stereocenters. The van der Waals surface area contributed by atoms with Crippen LogP contribution >= 0.6 is 11.6 Å². The van der Waals surface area contributed by atoms with Crippen molar-refractivity contribution in [3.8, 4) is 0 Å². The van der Waals surface area contributed by atoms with Gasteiger partial charge in [0, 0.05) is 16.5 Å². The summed E-state index contributed by atoms with van der Waals surface area (Å²) < 4.78 is 0. The molecule has 1 aliphatic rings. The molecule has 3 N–H and O–H groups in total. The monoisotopic (exact) mass is 364 g/mol. The Hall–Kier alpha value is -1.06. The SMILES string of the molecule is CC[C@H](C)C(N)C(=O)N[C@@H](CC(C)C)C1(c2ccc(Cl)cc2)CCC1. The molecule has 1 fully saturated rings. The summed E-state index contributed by atoms with van der Waals surface area (Å²) in [6.07, 6.45) is 5.27. The van der Waals surface area contributed by atoms with E-state index in [9.17, 15) is 4.79 Å². The Morgan fingerprint density at radius 3 is 2.28 bits per heavy atom. The molecule has 1 saturated carbocycles. The summed E-state index contributed by atoms with van der Waals surface area (Å²) in [7, 11) is 0. The van der Waals surface area contributed by atoms with E-state index in [1.807, 2.05) is 19.1 Å². The van der Waals surface area contributed by atoms with Gasteiger partial charge in [-0.15, -0.1) is 0 Å². The van der Waals surface area contributed by atoms with E-state index in [1.54, 1.807) is 0 Å². The van der Waals surface area contributed by atoms with Gasteiger partial charge in [-0.1, -0.05) is 64.3 Å². The third-order valence-corrected chi connectivity index (χ3v) is 6.17. The zero-order valence-corrected chi connectivity index (χ0v) is 16.8. The van der Waals surface area contributed by atoms with Crippen LogP contribution in [0.2, 0.25) is 5.02 Å². The van der Waals surface area contributed by atoms with E-state index in [-0.39, 0.29) is 23.3 Å². The number of rotatable bonds is 8. The average Bonchev–Trinajstić information content (AvgIpc) is 2.53. The van der Waals surface area contributed by atoms with E-state index >= 15 is 0 Å². The number of carbonyl (C=O) groups is 1. The van der Waals surface area contributed by atoms with Gasteiger partial charge in [0.1, 0.15) is 0 Å². The Morgan fingerprint density at radius 2 is 1.84 bits per heavy atom. The average molecular weight is 365 g/mol. The number of halogens is 1. The minimum Gasteiger partial charge on any atom is -0.351 e. The van der Waals surface area contributed by atoms with Crippen LogP contribution in [0, 0.1) is 11.8 Å². The first-order valence-corrected chi connectivity index (χ1v) is 10.00. The number of benzene rings is 1. The molecule has 0 spiro atoms. The van der Waals surface area contributed by atoms with Gasteiger partial charge in [-0.2, -0.15) is 0 Å². The van der Waals surface area contributed by atoms with Gasteiger partial charge in [0.05, 0.1) is 6.04 Å². The lowest BCUT2D eigenvalue weighted by molar-refractivity contribution is -0.125. The number of carbonyl (C=O) groups excluding carboxylic acids is 1. The third-order valence-electron chi connectivity index (χ3n) is 5.92. The van der Waals surface area contributed by atoms with Gasteiger partial charge < -0.3 is 11.1 Å². The van der Waals surface area contributed by atoms with Gasteiger partial charge >= 0.3 is 0 Å². The number of nitrogens with two attached hydrogens (primary N) is 1. The number of hydrogen-bond donors (Lipinski definition) is 2. The second-order valence-electron chi connectivity index (χ2n) is 8.12. The van der Waals surface area contributed by atoms with Crippen molar-refractivity contribution in [1.29, 1.82) is 0 Å². The highest BCUT2D eigenvalue weighted by Crippen LogP contribution is 2.48. The summed E-state index contributed by atoms with van der Waals surface area (Å²) >= 11 is 6.08. The second-order valence-corrected chi connectivity index (χ2v) is 8.56. The maximum atomic E-state index is 12.8. The van der Waals surface area contributed by atoms with Crippen LogP contribution in [0.25, 0.3) is 0 Å². The molecule has 2 rings (SSSR count). The van der Waals surface area contributed by atoms with Crippen LogP contribution in [0.5, 0.6) is 0 Å². The zero-order chi connectivity index (χ0) is 18.6. The molecule has 3 nitrogen and oxygen atoms in total. The first kappa shape index (κ1) is 20.3. The van der Waals surface area contributed by atoms with Crippen LogP contribution in [-0.2, 0) is 10.2 Å². The van der Waals surface area contributed by atoms with Crippen molar-refractivity contribution in [2.45, 2.75) is 77.3 Å². The van der Waals surface area contributed by atoms with Gasteiger partial charge in [-0.05, 0) is 48.8 Å². The van der Waals surface area contributed by atoms with Gasteiger partial charge in [-0.3, -0.25) is 4.79 Å². The molecule has 0 aromatic heterocycles.